The number of epoxide rings is 1. The number of methoxy groups -OCH3 is 1. The molecule has 2 spiro atoms. The van der Waals surface area contributed by atoms with Crippen LogP contribution in [0.25, 0.3) is 0 Å². The van der Waals surface area contributed by atoms with Crippen LogP contribution >= 0.6 is 0 Å². The minimum atomic E-state index is -2.83. The van der Waals surface area contributed by atoms with Crippen molar-refractivity contribution in [1.29, 1.82) is 0 Å². The summed E-state index contributed by atoms with van der Waals surface area (Å²) in [5.74, 6) is -1.80. The highest BCUT2D eigenvalue weighted by atomic mass is 16.6. The van der Waals surface area contributed by atoms with Crippen LogP contribution in [-0.2, 0) is 28.6 Å². The highest BCUT2D eigenvalue weighted by Crippen LogP contribution is 2.78. The minimum absolute atomic E-state index is 0.0345. The second-order valence-corrected chi connectivity index (χ2v) is 10.9. The Labute approximate surface area is 180 Å². The van der Waals surface area contributed by atoms with Gasteiger partial charge in [0.2, 0.25) is 0 Å². The zero-order chi connectivity index (χ0) is 23.6. The average molecular weight is 418 g/mol. The van der Waals surface area contributed by atoms with Crippen molar-refractivity contribution in [2.75, 3.05) is 7.04 Å². The fourth-order valence-electron chi connectivity index (χ4n) is 8.61. The standard InChI is InChI=1S/C24H30O6/c1-21-7-4-14(25)10-13(21)11-15(20(27)28-3)19-16-5-8-23(9-6-18(26)30-23)22(16,2)12-17-24(19,21)29-17/h10,15-17,19H,4-9,11-12H2,1-3H3/t15-,16?,17+,19?,21+,22+,23-,24-/m1/s1/i3D3. The van der Waals surface area contributed by atoms with Crippen LogP contribution in [0.15, 0.2) is 11.6 Å². The van der Waals surface area contributed by atoms with Gasteiger partial charge in [0.25, 0.3) is 0 Å². The van der Waals surface area contributed by atoms with Crippen molar-refractivity contribution in [3.8, 4) is 0 Å². The normalized spacial score (nSPS) is 55.1. The van der Waals surface area contributed by atoms with Gasteiger partial charge in [0.15, 0.2) is 5.78 Å². The zero-order valence-electron chi connectivity index (χ0n) is 20.5. The lowest BCUT2D eigenvalue weighted by Crippen LogP contribution is -2.63. The summed E-state index contributed by atoms with van der Waals surface area (Å²) in [5.41, 5.74) is -1.01. The zero-order valence-corrected chi connectivity index (χ0v) is 17.5. The molecule has 0 aromatic rings. The van der Waals surface area contributed by atoms with Crippen molar-refractivity contribution in [3.63, 3.8) is 0 Å². The summed E-state index contributed by atoms with van der Waals surface area (Å²) in [6.07, 6.45) is 6.30. The Morgan fingerprint density at radius 1 is 1.23 bits per heavy atom. The number of esters is 2. The second kappa shape index (κ2) is 5.56. The molecule has 2 saturated heterocycles. The molecule has 0 bridgehead atoms. The molecule has 30 heavy (non-hydrogen) atoms. The van der Waals surface area contributed by atoms with Crippen LogP contribution in [0, 0.1) is 28.6 Å². The highest BCUT2D eigenvalue weighted by molar-refractivity contribution is 5.92. The van der Waals surface area contributed by atoms with Gasteiger partial charge in [-0.3, -0.25) is 14.4 Å². The van der Waals surface area contributed by atoms with Crippen LogP contribution in [0.2, 0.25) is 0 Å². The van der Waals surface area contributed by atoms with Crippen molar-refractivity contribution in [2.24, 2.45) is 28.6 Å². The molecule has 6 aliphatic rings. The van der Waals surface area contributed by atoms with Crippen molar-refractivity contribution >= 4 is 17.7 Å². The first-order valence-electron chi connectivity index (χ1n) is 12.7. The summed E-state index contributed by atoms with van der Waals surface area (Å²) in [5, 5.41) is 0. The number of fused-ring (bicyclic) bond motifs is 4. The molecule has 2 unspecified atom stereocenters. The van der Waals surface area contributed by atoms with E-state index < -0.39 is 30.1 Å². The van der Waals surface area contributed by atoms with Crippen LogP contribution in [0.1, 0.15) is 69.3 Å². The summed E-state index contributed by atoms with van der Waals surface area (Å²) in [4.78, 5) is 37.8. The molecule has 0 aromatic heterocycles. The molecule has 0 radical (unpaired) electrons. The van der Waals surface area contributed by atoms with Crippen LogP contribution in [0.4, 0.5) is 0 Å². The number of carbonyl (C=O) groups is 3. The van der Waals surface area contributed by atoms with Crippen LogP contribution < -0.4 is 0 Å². The number of hydrogen-bond donors (Lipinski definition) is 0. The lowest BCUT2D eigenvalue weighted by molar-refractivity contribution is -0.172. The maximum absolute atomic E-state index is 13.3. The Hall–Kier alpha value is -1.69. The summed E-state index contributed by atoms with van der Waals surface area (Å²) in [6, 6.07) is 0. The van der Waals surface area contributed by atoms with E-state index in [1.165, 1.54) is 0 Å². The summed E-state index contributed by atoms with van der Waals surface area (Å²) < 4.78 is 40.0. The van der Waals surface area contributed by atoms with E-state index in [-0.39, 0.29) is 40.5 Å². The molecule has 6 heteroatoms. The van der Waals surface area contributed by atoms with E-state index in [4.69, 9.17) is 18.3 Å². The molecular weight excluding hydrogens is 384 g/mol. The topological polar surface area (TPSA) is 82.2 Å². The highest BCUT2D eigenvalue weighted by Gasteiger charge is 2.83. The molecule has 6 nitrogen and oxygen atoms in total. The van der Waals surface area contributed by atoms with E-state index in [0.29, 0.717) is 32.1 Å². The van der Waals surface area contributed by atoms with Gasteiger partial charge < -0.3 is 14.2 Å². The number of hydrogen-bond acceptors (Lipinski definition) is 6. The Balaban J connectivity index is 1.47. The van der Waals surface area contributed by atoms with E-state index in [2.05, 4.69) is 13.8 Å². The Kier molecular flexibility index (Phi) is 2.97. The predicted octanol–water partition coefficient (Wildman–Crippen LogP) is 3.12. The molecule has 3 saturated carbocycles. The quantitative estimate of drug-likeness (QED) is 0.482. The predicted molar refractivity (Wildman–Crippen MR) is 105 cm³/mol. The molecule has 6 rings (SSSR count). The third-order valence-corrected chi connectivity index (χ3v) is 10.1. The first kappa shape index (κ1) is 16.0. The van der Waals surface area contributed by atoms with E-state index in [1.807, 2.05) is 0 Å². The lowest BCUT2D eigenvalue weighted by Gasteiger charge is -2.58. The molecule has 8 atom stereocenters. The molecule has 0 amide bonds. The Morgan fingerprint density at radius 3 is 2.80 bits per heavy atom. The van der Waals surface area contributed by atoms with Crippen molar-refractivity contribution in [1.82, 2.24) is 0 Å². The average Bonchev–Trinajstić information content (AvgIpc) is 3.19. The van der Waals surface area contributed by atoms with E-state index in [0.717, 1.165) is 24.8 Å². The van der Waals surface area contributed by atoms with Gasteiger partial charge in [0, 0.05) is 29.6 Å². The molecule has 2 aliphatic heterocycles. The molecule has 4 aliphatic carbocycles. The molecule has 2 heterocycles. The SMILES string of the molecule is [2H]C([2H])([2H])OC(=O)[C@@H]1CC2=CC(=O)CC[C@]2(C)[C@@]23O[C@H]2C[C@@]2(C)C(CC[C@@]24CCC(=O)O4)C13. The third-order valence-electron chi connectivity index (χ3n) is 10.1. The number of rotatable bonds is 1. The monoisotopic (exact) mass is 417 g/mol. The van der Waals surface area contributed by atoms with Gasteiger partial charge in [-0.1, -0.05) is 19.4 Å². The summed E-state index contributed by atoms with van der Waals surface area (Å²) >= 11 is 0. The molecular formula is C24H30O6. The van der Waals surface area contributed by atoms with Crippen LogP contribution in [-0.4, -0.2) is 42.1 Å². The Morgan fingerprint density at radius 2 is 2.07 bits per heavy atom. The minimum Gasteiger partial charge on any atom is -0.469 e. The first-order chi connectivity index (χ1) is 15.4. The molecule has 0 aromatic carbocycles. The van der Waals surface area contributed by atoms with Gasteiger partial charge in [-0.25, -0.2) is 0 Å². The third kappa shape index (κ3) is 1.94. The van der Waals surface area contributed by atoms with Crippen molar-refractivity contribution in [2.45, 2.75) is 82.5 Å². The van der Waals surface area contributed by atoms with Crippen molar-refractivity contribution in [3.05, 3.63) is 11.6 Å². The summed E-state index contributed by atoms with van der Waals surface area (Å²) in [7, 11) is -2.83. The second-order valence-electron chi connectivity index (χ2n) is 10.9. The van der Waals surface area contributed by atoms with E-state index in [9.17, 15) is 14.4 Å². The molecule has 5 fully saturated rings. The fourth-order valence-corrected chi connectivity index (χ4v) is 8.61. The maximum atomic E-state index is 13.3. The number of ketones is 1. The summed E-state index contributed by atoms with van der Waals surface area (Å²) in [6.45, 7) is 4.31. The van der Waals surface area contributed by atoms with Gasteiger partial charge >= 0.3 is 11.9 Å². The first-order valence-corrected chi connectivity index (χ1v) is 11.2. The number of ether oxygens (including phenoxy) is 3. The fraction of sp³-hybridized carbons (Fsp3) is 0.792. The lowest BCUT2D eigenvalue weighted by atomic mass is 9.43. The number of carbonyl (C=O) groups excluding carboxylic acids is 3. The van der Waals surface area contributed by atoms with Crippen molar-refractivity contribution < 1.29 is 32.7 Å². The van der Waals surface area contributed by atoms with Gasteiger partial charge in [-0.2, -0.15) is 0 Å². The van der Waals surface area contributed by atoms with Gasteiger partial charge in [0.05, 0.1) is 23.2 Å². The largest absolute Gasteiger partial charge is 0.469 e. The molecule has 162 valence electrons. The van der Waals surface area contributed by atoms with Gasteiger partial charge in [0.1, 0.15) is 11.2 Å². The maximum Gasteiger partial charge on any atom is 0.309 e. The van der Waals surface area contributed by atoms with E-state index in [1.54, 1.807) is 6.08 Å². The van der Waals surface area contributed by atoms with E-state index >= 15 is 0 Å². The van der Waals surface area contributed by atoms with Gasteiger partial charge in [-0.05, 0) is 50.5 Å². The smallest absolute Gasteiger partial charge is 0.309 e. The van der Waals surface area contributed by atoms with Gasteiger partial charge in [-0.15, -0.1) is 0 Å². The van der Waals surface area contributed by atoms with Crippen LogP contribution in [0.3, 0.4) is 0 Å². The Bertz CT molecular complexity index is 1000. The van der Waals surface area contributed by atoms with Crippen LogP contribution in [0.5, 0.6) is 0 Å². The molecule has 0 N–H and O–H groups in total.